The molecule has 4 nitrogen and oxygen atoms in total. The molecule has 1 aromatic rings. The molecular formula is C16H22ClN3O. The van der Waals surface area contributed by atoms with Crippen molar-refractivity contribution in [1.82, 2.24) is 5.32 Å². The molecule has 1 heterocycles. The Morgan fingerprint density at radius 1 is 1.33 bits per heavy atom. The summed E-state index contributed by atoms with van der Waals surface area (Å²) < 4.78 is 0. The third kappa shape index (κ3) is 3.50. The maximum Gasteiger partial charge on any atom is 0.250 e. The lowest BCUT2D eigenvalue weighted by Crippen LogP contribution is -2.44. The van der Waals surface area contributed by atoms with Crippen molar-refractivity contribution in [2.45, 2.75) is 44.2 Å². The van der Waals surface area contributed by atoms with Gasteiger partial charge >= 0.3 is 0 Å². The Morgan fingerprint density at radius 3 is 2.71 bits per heavy atom. The highest BCUT2D eigenvalue weighted by Gasteiger charge is 2.31. The molecule has 1 saturated carbocycles. The molecule has 1 atom stereocenters. The zero-order valence-electron chi connectivity index (χ0n) is 12.1. The van der Waals surface area contributed by atoms with Gasteiger partial charge in [0, 0.05) is 24.3 Å². The summed E-state index contributed by atoms with van der Waals surface area (Å²) >= 11 is 6.19. The van der Waals surface area contributed by atoms with Crippen LogP contribution in [-0.4, -0.2) is 31.1 Å². The number of carbonyl (C=O) groups is 1. The fourth-order valence-electron chi connectivity index (χ4n) is 3.05. The summed E-state index contributed by atoms with van der Waals surface area (Å²) in [5.74, 6) is -0.474. The van der Waals surface area contributed by atoms with E-state index in [0.29, 0.717) is 22.7 Å². The second-order valence-corrected chi connectivity index (χ2v) is 6.47. The summed E-state index contributed by atoms with van der Waals surface area (Å²) in [6.07, 6.45) is 6.29. The van der Waals surface area contributed by atoms with Gasteiger partial charge in [0.25, 0.3) is 0 Å². The highest BCUT2D eigenvalue weighted by atomic mass is 35.5. The van der Waals surface area contributed by atoms with Crippen molar-refractivity contribution in [1.29, 1.82) is 0 Å². The third-order valence-electron chi connectivity index (χ3n) is 4.37. The Labute approximate surface area is 130 Å². The maximum absolute atomic E-state index is 11.3. The van der Waals surface area contributed by atoms with E-state index in [4.69, 9.17) is 17.3 Å². The summed E-state index contributed by atoms with van der Waals surface area (Å²) in [7, 11) is 0. The van der Waals surface area contributed by atoms with E-state index in [1.165, 1.54) is 32.1 Å². The molecule has 114 valence electrons. The van der Waals surface area contributed by atoms with Crippen molar-refractivity contribution in [2.75, 3.05) is 18.0 Å². The van der Waals surface area contributed by atoms with E-state index in [2.05, 4.69) is 10.2 Å². The van der Waals surface area contributed by atoms with E-state index in [0.717, 1.165) is 18.8 Å². The molecule has 21 heavy (non-hydrogen) atoms. The van der Waals surface area contributed by atoms with Crippen LogP contribution in [-0.2, 0) is 0 Å². The lowest BCUT2D eigenvalue weighted by molar-refractivity contribution is 0.100. The van der Waals surface area contributed by atoms with Gasteiger partial charge < -0.3 is 16.0 Å². The average molecular weight is 308 g/mol. The molecule has 2 fully saturated rings. The smallest absolute Gasteiger partial charge is 0.250 e. The van der Waals surface area contributed by atoms with Gasteiger partial charge in [-0.1, -0.05) is 18.0 Å². The van der Waals surface area contributed by atoms with Gasteiger partial charge in [0.05, 0.1) is 10.6 Å². The van der Waals surface area contributed by atoms with E-state index < -0.39 is 5.91 Å². The van der Waals surface area contributed by atoms with Crippen LogP contribution in [0.2, 0.25) is 5.02 Å². The zero-order chi connectivity index (χ0) is 14.8. The van der Waals surface area contributed by atoms with Crippen LogP contribution < -0.4 is 16.0 Å². The highest BCUT2D eigenvalue weighted by Crippen LogP contribution is 2.34. The van der Waals surface area contributed by atoms with Crippen LogP contribution >= 0.6 is 11.6 Å². The van der Waals surface area contributed by atoms with Crippen molar-refractivity contribution in [3.63, 3.8) is 0 Å². The Kier molecular flexibility index (Phi) is 4.36. The number of hydrogen-bond donors (Lipinski definition) is 2. The third-order valence-corrected chi connectivity index (χ3v) is 4.68. The van der Waals surface area contributed by atoms with Crippen molar-refractivity contribution < 1.29 is 4.79 Å². The number of halogens is 1. The number of rotatable bonds is 5. The molecule has 1 aromatic carbocycles. The minimum atomic E-state index is -0.474. The van der Waals surface area contributed by atoms with Gasteiger partial charge in [0.1, 0.15) is 0 Å². The van der Waals surface area contributed by atoms with Crippen LogP contribution in [0.25, 0.3) is 0 Å². The average Bonchev–Trinajstić information content (AvgIpc) is 3.30. The van der Waals surface area contributed by atoms with Gasteiger partial charge in [-0.2, -0.15) is 0 Å². The number of primary amides is 1. The van der Waals surface area contributed by atoms with E-state index >= 15 is 0 Å². The van der Waals surface area contributed by atoms with E-state index in [1.807, 2.05) is 12.1 Å². The Balaban J connectivity index is 1.77. The fourth-order valence-corrected chi connectivity index (χ4v) is 3.32. The molecular weight excluding hydrogens is 286 g/mol. The predicted molar refractivity (Wildman–Crippen MR) is 86.0 cm³/mol. The van der Waals surface area contributed by atoms with Gasteiger partial charge in [-0.25, -0.2) is 0 Å². The Morgan fingerprint density at radius 2 is 2.14 bits per heavy atom. The minimum absolute atomic E-state index is 0.395. The van der Waals surface area contributed by atoms with Gasteiger partial charge in [0.15, 0.2) is 0 Å². The number of anilines is 1. The number of carbonyl (C=O) groups excluding carboxylic acids is 1. The highest BCUT2D eigenvalue weighted by molar-refractivity contribution is 6.34. The first-order chi connectivity index (χ1) is 10.1. The summed E-state index contributed by atoms with van der Waals surface area (Å²) in [6.45, 7) is 2.13. The second-order valence-electron chi connectivity index (χ2n) is 6.06. The van der Waals surface area contributed by atoms with Crippen LogP contribution in [0.15, 0.2) is 18.2 Å². The number of hydrogen-bond acceptors (Lipinski definition) is 3. The maximum atomic E-state index is 11.3. The molecule has 5 heteroatoms. The van der Waals surface area contributed by atoms with Crippen LogP contribution in [0.1, 0.15) is 42.5 Å². The number of piperidine rings is 1. The Bertz CT molecular complexity index is 524. The molecule has 0 radical (unpaired) electrons. The molecule has 2 aliphatic rings. The minimum Gasteiger partial charge on any atom is -0.367 e. The zero-order valence-corrected chi connectivity index (χ0v) is 12.9. The Hall–Kier alpha value is -1.26. The molecule has 0 aromatic heterocycles. The summed E-state index contributed by atoms with van der Waals surface area (Å²) in [6, 6.07) is 6.75. The summed E-state index contributed by atoms with van der Waals surface area (Å²) in [5.41, 5.74) is 6.81. The summed E-state index contributed by atoms with van der Waals surface area (Å²) in [4.78, 5) is 13.7. The molecule has 3 N–H and O–H groups in total. The monoisotopic (exact) mass is 307 g/mol. The number of nitrogens with one attached hydrogen (secondary N) is 1. The second kappa shape index (κ2) is 6.24. The molecule has 0 bridgehead atoms. The lowest BCUT2D eigenvalue weighted by atomic mass is 10.0. The first-order valence-corrected chi connectivity index (χ1v) is 8.12. The van der Waals surface area contributed by atoms with Crippen molar-refractivity contribution in [3.8, 4) is 0 Å². The SMILES string of the molecule is NC(=O)c1ccc(N(CC2CCCCN2)C2CC2)cc1Cl. The van der Waals surface area contributed by atoms with Gasteiger partial charge in [-0.05, 0) is 50.4 Å². The van der Waals surface area contributed by atoms with Crippen LogP contribution in [0, 0.1) is 0 Å². The normalized spacial score (nSPS) is 22.0. The van der Waals surface area contributed by atoms with E-state index in [9.17, 15) is 4.79 Å². The van der Waals surface area contributed by atoms with Crippen LogP contribution in [0.3, 0.4) is 0 Å². The standard InChI is InChI=1S/C16H22ClN3O/c17-15-9-13(6-7-14(15)16(18)21)20(12-4-5-12)10-11-3-1-2-8-19-11/h6-7,9,11-12,19H,1-5,8,10H2,(H2,18,21). The van der Waals surface area contributed by atoms with Gasteiger partial charge in [0.2, 0.25) is 5.91 Å². The number of nitrogens with two attached hydrogens (primary N) is 1. The topological polar surface area (TPSA) is 58.4 Å². The summed E-state index contributed by atoms with van der Waals surface area (Å²) in [5, 5.41) is 4.04. The quantitative estimate of drug-likeness (QED) is 0.879. The predicted octanol–water partition coefficient (Wildman–Crippen LogP) is 2.55. The molecule has 3 rings (SSSR count). The molecule has 1 unspecified atom stereocenters. The van der Waals surface area contributed by atoms with Crippen LogP contribution in [0.5, 0.6) is 0 Å². The van der Waals surface area contributed by atoms with Crippen LogP contribution in [0.4, 0.5) is 5.69 Å². The largest absolute Gasteiger partial charge is 0.367 e. The first-order valence-electron chi connectivity index (χ1n) is 7.74. The first kappa shape index (κ1) is 14.7. The van der Waals surface area contributed by atoms with Crippen molar-refractivity contribution in [3.05, 3.63) is 28.8 Å². The molecule has 1 aliphatic carbocycles. The number of nitrogens with zero attached hydrogens (tertiary/aromatic N) is 1. The number of amides is 1. The molecule has 1 aliphatic heterocycles. The fraction of sp³-hybridized carbons (Fsp3) is 0.562. The van der Waals surface area contributed by atoms with E-state index in [-0.39, 0.29) is 0 Å². The van der Waals surface area contributed by atoms with E-state index in [1.54, 1.807) is 6.07 Å². The molecule has 0 spiro atoms. The lowest BCUT2D eigenvalue weighted by Gasteiger charge is -2.32. The van der Waals surface area contributed by atoms with Crippen molar-refractivity contribution >= 4 is 23.2 Å². The molecule has 1 amide bonds. The number of benzene rings is 1. The van der Waals surface area contributed by atoms with Crippen molar-refractivity contribution in [2.24, 2.45) is 5.73 Å². The molecule has 1 saturated heterocycles. The van der Waals surface area contributed by atoms with Gasteiger partial charge in [-0.3, -0.25) is 4.79 Å². The van der Waals surface area contributed by atoms with Gasteiger partial charge in [-0.15, -0.1) is 0 Å².